The second kappa shape index (κ2) is 14.0. The normalized spacial score (nSPS) is 31.2. The maximum Gasteiger partial charge on any atom is 0.405 e. The van der Waals surface area contributed by atoms with Crippen molar-refractivity contribution in [2.45, 2.75) is 101 Å². The number of fused-ring (bicyclic) bond motifs is 3. The standard InChI is InChI=1S/C36H47N5O9S/c1-5-49-28-19-37-31(26-12-7-6-11-25(26)28)50-24-17-27-30(42)39-36(33(44)40-51(47,48)35(4)15-16-35)18-23(36)14-13-21(2)9-8-10-22(3)29(38-34(45)46)32(43)41(27)20-24/h6-7,11-14,19,21-24,27,29,38H,5,8-10,15-18,20H2,1-4H3,(H,39,42)(H,40,44)(H,45,46)/b14-13-/t21-,22+,23+,24+,27-,29-,36+/m0/s1. The maximum atomic E-state index is 14.3. The molecule has 4 N–H and O–H groups in total. The van der Waals surface area contributed by atoms with E-state index in [4.69, 9.17) is 9.47 Å². The number of hydrogen-bond donors (Lipinski definition) is 4. The van der Waals surface area contributed by atoms with Crippen LogP contribution in [0.15, 0.2) is 42.6 Å². The van der Waals surface area contributed by atoms with Gasteiger partial charge in [-0.25, -0.2) is 18.2 Å². The number of sulfonamides is 1. The van der Waals surface area contributed by atoms with Crippen LogP contribution in [-0.2, 0) is 24.4 Å². The van der Waals surface area contributed by atoms with E-state index in [9.17, 15) is 32.7 Å². The number of carbonyl (C=O) groups excluding carboxylic acids is 3. The highest BCUT2D eigenvalue weighted by molar-refractivity contribution is 7.91. The highest BCUT2D eigenvalue weighted by Gasteiger charge is 2.63. The summed E-state index contributed by atoms with van der Waals surface area (Å²) in [7, 11) is -4.00. The van der Waals surface area contributed by atoms with Crippen molar-refractivity contribution in [3.63, 3.8) is 0 Å². The first-order chi connectivity index (χ1) is 24.2. The van der Waals surface area contributed by atoms with E-state index in [2.05, 4.69) is 20.3 Å². The highest BCUT2D eigenvalue weighted by Crippen LogP contribution is 2.48. The highest BCUT2D eigenvalue weighted by atomic mass is 32.2. The van der Waals surface area contributed by atoms with Crippen LogP contribution >= 0.6 is 0 Å². The van der Waals surface area contributed by atoms with Gasteiger partial charge in [0.15, 0.2) is 0 Å². The largest absolute Gasteiger partial charge is 0.492 e. The topological polar surface area (TPSA) is 193 Å². The minimum absolute atomic E-state index is 0.0145. The summed E-state index contributed by atoms with van der Waals surface area (Å²) < 4.78 is 39.6. The van der Waals surface area contributed by atoms with E-state index in [1.54, 1.807) is 13.1 Å². The van der Waals surface area contributed by atoms with Crippen LogP contribution in [0.2, 0.25) is 0 Å². The van der Waals surface area contributed by atoms with Gasteiger partial charge in [0.05, 0.1) is 24.1 Å². The molecule has 15 heteroatoms. The molecule has 51 heavy (non-hydrogen) atoms. The predicted octanol–water partition coefficient (Wildman–Crippen LogP) is 3.50. The minimum Gasteiger partial charge on any atom is -0.492 e. The number of nitrogens with zero attached hydrogens (tertiary/aromatic N) is 2. The van der Waals surface area contributed by atoms with Gasteiger partial charge in [-0.2, -0.15) is 0 Å². The SMILES string of the molecule is CCOc1cnc(O[C@@H]2C[C@H]3C(=O)N[C@]4(C(=O)NS(=O)(=O)C5(C)CC5)C[C@H]4/C=C\[C@@H](C)CCC[C@@H](C)[C@H](NC(=O)O)C(=O)N3C2)c2ccccc12. The molecule has 0 unspecified atom stereocenters. The number of benzene rings is 1. The van der Waals surface area contributed by atoms with Crippen molar-refractivity contribution in [1.82, 2.24) is 25.2 Å². The van der Waals surface area contributed by atoms with Crippen LogP contribution < -0.4 is 24.8 Å². The molecule has 1 aromatic carbocycles. The van der Waals surface area contributed by atoms with E-state index < -0.39 is 74.1 Å². The van der Waals surface area contributed by atoms with E-state index in [0.717, 1.165) is 11.8 Å². The molecular weight excluding hydrogens is 678 g/mol. The molecule has 1 saturated heterocycles. The smallest absolute Gasteiger partial charge is 0.405 e. The van der Waals surface area contributed by atoms with Gasteiger partial charge >= 0.3 is 6.09 Å². The van der Waals surface area contributed by atoms with Gasteiger partial charge < -0.3 is 30.1 Å². The van der Waals surface area contributed by atoms with E-state index in [0.29, 0.717) is 43.4 Å². The average molecular weight is 726 g/mol. The van der Waals surface area contributed by atoms with Gasteiger partial charge in [0.25, 0.3) is 5.91 Å². The Kier molecular flexibility index (Phi) is 9.96. The Labute approximate surface area is 297 Å². The molecule has 0 bridgehead atoms. The third-order valence-electron chi connectivity index (χ3n) is 10.8. The molecule has 1 aromatic heterocycles. The average Bonchev–Trinajstić information content (AvgIpc) is 3.97. The van der Waals surface area contributed by atoms with Gasteiger partial charge in [0.2, 0.25) is 27.7 Å². The Morgan fingerprint density at radius 2 is 1.84 bits per heavy atom. The van der Waals surface area contributed by atoms with E-state index >= 15 is 0 Å². The predicted molar refractivity (Wildman–Crippen MR) is 187 cm³/mol. The first kappa shape index (κ1) is 36.4. The molecular formula is C36H47N5O9S. The van der Waals surface area contributed by atoms with Crippen molar-refractivity contribution in [3.8, 4) is 11.6 Å². The van der Waals surface area contributed by atoms with Crippen LogP contribution in [0.3, 0.4) is 0 Å². The zero-order valence-corrected chi connectivity index (χ0v) is 30.2. The summed E-state index contributed by atoms with van der Waals surface area (Å²) in [4.78, 5) is 60.2. The molecule has 276 valence electrons. The quantitative estimate of drug-likeness (QED) is 0.293. The van der Waals surface area contributed by atoms with Gasteiger partial charge in [0.1, 0.15) is 29.5 Å². The molecule has 6 rings (SSSR count). The number of pyridine rings is 1. The molecule has 2 saturated carbocycles. The lowest BCUT2D eigenvalue weighted by atomic mass is 9.92. The molecule has 14 nitrogen and oxygen atoms in total. The number of rotatable bonds is 8. The number of aromatic nitrogens is 1. The first-order valence-corrected chi connectivity index (χ1v) is 19.2. The van der Waals surface area contributed by atoms with Crippen LogP contribution in [0.25, 0.3) is 10.8 Å². The minimum atomic E-state index is -4.00. The molecule has 2 aliphatic carbocycles. The van der Waals surface area contributed by atoms with E-state index in [-0.39, 0.29) is 31.2 Å². The van der Waals surface area contributed by atoms with E-state index in [1.165, 1.54) is 4.90 Å². The lowest BCUT2D eigenvalue weighted by Crippen LogP contribution is -2.59. The molecule has 3 heterocycles. The molecule has 2 aliphatic heterocycles. The number of allylic oxidation sites excluding steroid dienone is 1. The number of ether oxygens (including phenoxy) is 2. The number of hydrogen-bond acceptors (Lipinski definition) is 9. The molecule has 4 aliphatic rings. The Balaban J connectivity index is 1.34. The number of carboxylic acid groups (broad SMARTS) is 1. The number of carbonyl (C=O) groups is 4. The second-order valence-corrected chi connectivity index (χ2v) is 16.9. The van der Waals surface area contributed by atoms with Crippen LogP contribution in [0.4, 0.5) is 4.79 Å². The maximum absolute atomic E-state index is 14.3. The monoisotopic (exact) mass is 725 g/mol. The van der Waals surface area contributed by atoms with E-state index in [1.807, 2.05) is 57.2 Å². The fourth-order valence-electron chi connectivity index (χ4n) is 7.21. The molecule has 3 fully saturated rings. The lowest BCUT2D eigenvalue weighted by Gasteiger charge is -2.31. The fraction of sp³-hybridized carbons (Fsp3) is 0.583. The van der Waals surface area contributed by atoms with Gasteiger partial charge in [-0.3, -0.25) is 19.1 Å². The summed E-state index contributed by atoms with van der Waals surface area (Å²) >= 11 is 0. The zero-order valence-electron chi connectivity index (χ0n) is 29.4. The van der Waals surface area contributed by atoms with Crippen LogP contribution in [0.5, 0.6) is 11.6 Å². The van der Waals surface area contributed by atoms with Gasteiger partial charge in [-0.15, -0.1) is 0 Å². The molecule has 0 radical (unpaired) electrons. The summed E-state index contributed by atoms with van der Waals surface area (Å²) in [5.74, 6) is -1.98. The third kappa shape index (κ3) is 7.35. The molecule has 2 aromatic rings. The summed E-state index contributed by atoms with van der Waals surface area (Å²) in [5, 5.41) is 16.4. The Bertz CT molecular complexity index is 1850. The third-order valence-corrected chi connectivity index (χ3v) is 13.0. The Morgan fingerprint density at radius 1 is 1.12 bits per heavy atom. The fourth-order valence-corrected chi connectivity index (χ4v) is 8.52. The lowest BCUT2D eigenvalue weighted by molar-refractivity contribution is -0.142. The summed E-state index contributed by atoms with van der Waals surface area (Å²) in [6.07, 6.45) is 6.34. The Hall–Kier alpha value is -4.40. The summed E-state index contributed by atoms with van der Waals surface area (Å²) in [6, 6.07) is 5.11. The zero-order chi connectivity index (χ0) is 36.7. The van der Waals surface area contributed by atoms with Crippen LogP contribution in [0, 0.1) is 17.8 Å². The number of nitrogens with one attached hydrogen (secondary N) is 3. The Morgan fingerprint density at radius 3 is 2.53 bits per heavy atom. The second-order valence-electron chi connectivity index (χ2n) is 14.7. The van der Waals surface area contributed by atoms with Crippen molar-refractivity contribution in [1.29, 1.82) is 0 Å². The molecule has 4 amide bonds. The van der Waals surface area contributed by atoms with Gasteiger partial charge in [-0.05, 0) is 63.9 Å². The van der Waals surface area contributed by atoms with Crippen molar-refractivity contribution in [2.75, 3.05) is 13.2 Å². The van der Waals surface area contributed by atoms with Crippen molar-refractivity contribution in [3.05, 3.63) is 42.6 Å². The first-order valence-electron chi connectivity index (χ1n) is 17.7. The van der Waals surface area contributed by atoms with Crippen molar-refractivity contribution in [2.24, 2.45) is 17.8 Å². The van der Waals surface area contributed by atoms with Crippen LogP contribution in [0.1, 0.15) is 72.6 Å². The van der Waals surface area contributed by atoms with Crippen LogP contribution in [-0.4, -0.2) is 88.8 Å². The van der Waals surface area contributed by atoms with Crippen molar-refractivity contribution < 1.29 is 42.2 Å². The van der Waals surface area contributed by atoms with Gasteiger partial charge in [-0.1, -0.05) is 50.6 Å². The molecule has 7 atom stereocenters. The summed E-state index contributed by atoms with van der Waals surface area (Å²) in [6.45, 7) is 7.64. The van der Waals surface area contributed by atoms with Crippen molar-refractivity contribution >= 4 is 44.6 Å². The number of amides is 4. The molecule has 0 spiro atoms. The van der Waals surface area contributed by atoms with Gasteiger partial charge in [0, 0.05) is 23.1 Å². The summed E-state index contributed by atoms with van der Waals surface area (Å²) in [5.41, 5.74) is -1.54.